The molecule has 5 heteroatoms. The maximum absolute atomic E-state index is 11.1. The zero-order valence-electron chi connectivity index (χ0n) is 9.57. The fraction of sp³-hybridized carbons (Fsp3) is 0.167. The number of rotatable bonds is 2. The van der Waals surface area contributed by atoms with Gasteiger partial charge in [-0.05, 0) is 19.1 Å². The highest BCUT2D eigenvalue weighted by Gasteiger charge is 2.10. The van der Waals surface area contributed by atoms with Gasteiger partial charge in [-0.1, -0.05) is 23.7 Å². The quantitative estimate of drug-likeness (QED) is 0.890. The van der Waals surface area contributed by atoms with E-state index in [9.17, 15) is 4.79 Å². The summed E-state index contributed by atoms with van der Waals surface area (Å²) in [7, 11) is 0. The van der Waals surface area contributed by atoms with E-state index in [1.54, 1.807) is 16.8 Å². The number of nitrogens with one attached hydrogen (secondary N) is 1. The highest BCUT2D eigenvalue weighted by molar-refractivity contribution is 6.32. The fourth-order valence-electron chi connectivity index (χ4n) is 1.58. The SMILES string of the molecule is CC(=O)Nc1cc(C)nn1-c1ccccc1Cl. The zero-order chi connectivity index (χ0) is 12.4. The van der Waals surface area contributed by atoms with E-state index in [2.05, 4.69) is 10.4 Å². The van der Waals surface area contributed by atoms with Crippen molar-refractivity contribution in [3.8, 4) is 5.69 Å². The Balaban J connectivity index is 2.51. The summed E-state index contributed by atoms with van der Waals surface area (Å²) >= 11 is 6.10. The van der Waals surface area contributed by atoms with Gasteiger partial charge in [0.1, 0.15) is 5.82 Å². The van der Waals surface area contributed by atoms with Crippen LogP contribution in [0, 0.1) is 6.92 Å². The lowest BCUT2D eigenvalue weighted by molar-refractivity contribution is -0.114. The molecule has 0 saturated heterocycles. The topological polar surface area (TPSA) is 46.9 Å². The van der Waals surface area contributed by atoms with Crippen LogP contribution in [0.3, 0.4) is 0 Å². The molecule has 0 aliphatic carbocycles. The van der Waals surface area contributed by atoms with Crippen LogP contribution in [-0.4, -0.2) is 15.7 Å². The molecule has 1 heterocycles. The van der Waals surface area contributed by atoms with Gasteiger partial charge < -0.3 is 5.32 Å². The number of hydrogen-bond acceptors (Lipinski definition) is 2. The minimum Gasteiger partial charge on any atom is -0.311 e. The van der Waals surface area contributed by atoms with Crippen LogP contribution in [0.2, 0.25) is 5.02 Å². The Bertz CT molecular complexity index is 563. The van der Waals surface area contributed by atoms with Gasteiger partial charge in [0, 0.05) is 13.0 Å². The Labute approximate surface area is 104 Å². The molecular weight excluding hydrogens is 238 g/mol. The van der Waals surface area contributed by atoms with Crippen LogP contribution in [0.25, 0.3) is 5.69 Å². The number of carbonyl (C=O) groups is 1. The number of amides is 1. The maximum Gasteiger partial charge on any atom is 0.222 e. The van der Waals surface area contributed by atoms with Crippen LogP contribution < -0.4 is 5.32 Å². The van der Waals surface area contributed by atoms with Crippen molar-refractivity contribution in [3.05, 3.63) is 41.0 Å². The van der Waals surface area contributed by atoms with Gasteiger partial charge in [-0.2, -0.15) is 5.10 Å². The van der Waals surface area contributed by atoms with Crippen molar-refractivity contribution in [2.24, 2.45) is 0 Å². The number of aryl methyl sites for hydroxylation is 1. The Morgan fingerprint density at radius 3 is 2.76 bits per heavy atom. The molecule has 1 N–H and O–H groups in total. The fourth-order valence-corrected chi connectivity index (χ4v) is 1.79. The predicted octanol–water partition coefficient (Wildman–Crippen LogP) is 2.79. The molecule has 4 nitrogen and oxygen atoms in total. The molecule has 2 rings (SSSR count). The lowest BCUT2D eigenvalue weighted by atomic mass is 10.3. The molecule has 1 amide bonds. The minimum absolute atomic E-state index is 0.141. The van der Waals surface area contributed by atoms with Crippen molar-refractivity contribution in [1.82, 2.24) is 9.78 Å². The molecule has 0 atom stereocenters. The molecule has 0 unspecified atom stereocenters. The number of para-hydroxylation sites is 1. The molecule has 17 heavy (non-hydrogen) atoms. The van der Waals surface area contributed by atoms with E-state index in [0.29, 0.717) is 10.8 Å². The van der Waals surface area contributed by atoms with Gasteiger partial charge in [0.15, 0.2) is 0 Å². The van der Waals surface area contributed by atoms with Crippen molar-refractivity contribution in [1.29, 1.82) is 0 Å². The minimum atomic E-state index is -0.141. The van der Waals surface area contributed by atoms with Crippen molar-refractivity contribution in [2.75, 3.05) is 5.32 Å². The smallest absolute Gasteiger partial charge is 0.222 e. The second-order valence-electron chi connectivity index (χ2n) is 3.72. The molecule has 0 spiro atoms. The van der Waals surface area contributed by atoms with Gasteiger partial charge in [-0.15, -0.1) is 0 Å². The number of halogens is 1. The summed E-state index contributed by atoms with van der Waals surface area (Å²) in [5.41, 5.74) is 1.56. The molecule has 88 valence electrons. The number of aromatic nitrogens is 2. The summed E-state index contributed by atoms with van der Waals surface area (Å²) in [5.74, 6) is 0.473. The predicted molar refractivity (Wildman–Crippen MR) is 67.6 cm³/mol. The normalized spacial score (nSPS) is 10.3. The largest absolute Gasteiger partial charge is 0.311 e. The van der Waals surface area contributed by atoms with E-state index in [-0.39, 0.29) is 5.91 Å². The van der Waals surface area contributed by atoms with E-state index in [0.717, 1.165) is 11.4 Å². The highest BCUT2D eigenvalue weighted by atomic mass is 35.5. The standard InChI is InChI=1S/C12H12ClN3O/c1-8-7-12(14-9(2)17)16(15-8)11-6-4-3-5-10(11)13/h3-7H,1-2H3,(H,14,17). The molecule has 0 radical (unpaired) electrons. The average molecular weight is 250 g/mol. The molecule has 1 aromatic carbocycles. The van der Waals surface area contributed by atoms with Crippen molar-refractivity contribution < 1.29 is 4.79 Å². The van der Waals surface area contributed by atoms with Gasteiger partial charge in [-0.25, -0.2) is 4.68 Å². The Kier molecular flexibility index (Phi) is 3.15. The first-order valence-electron chi connectivity index (χ1n) is 5.17. The number of carbonyl (C=O) groups excluding carboxylic acids is 1. The van der Waals surface area contributed by atoms with Crippen LogP contribution >= 0.6 is 11.6 Å². The van der Waals surface area contributed by atoms with Gasteiger partial charge in [-0.3, -0.25) is 4.79 Å². The number of hydrogen-bond donors (Lipinski definition) is 1. The highest BCUT2D eigenvalue weighted by Crippen LogP contribution is 2.23. The Morgan fingerprint density at radius 2 is 2.12 bits per heavy atom. The molecule has 0 saturated carbocycles. The first kappa shape index (κ1) is 11.7. The van der Waals surface area contributed by atoms with Crippen LogP contribution in [0.4, 0.5) is 5.82 Å². The summed E-state index contributed by atoms with van der Waals surface area (Å²) < 4.78 is 1.62. The number of benzene rings is 1. The third kappa shape index (κ3) is 2.47. The van der Waals surface area contributed by atoms with Crippen molar-refractivity contribution in [2.45, 2.75) is 13.8 Å². The average Bonchev–Trinajstić information content (AvgIpc) is 2.59. The summed E-state index contributed by atoms with van der Waals surface area (Å²) in [4.78, 5) is 11.1. The van der Waals surface area contributed by atoms with E-state index in [1.165, 1.54) is 6.92 Å². The summed E-state index contributed by atoms with van der Waals surface area (Å²) in [5, 5.41) is 7.62. The number of anilines is 1. The lowest BCUT2D eigenvalue weighted by Crippen LogP contribution is -2.11. The Morgan fingerprint density at radius 1 is 1.41 bits per heavy atom. The van der Waals surface area contributed by atoms with E-state index >= 15 is 0 Å². The second-order valence-corrected chi connectivity index (χ2v) is 4.12. The maximum atomic E-state index is 11.1. The number of nitrogens with zero attached hydrogens (tertiary/aromatic N) is 2. The van der Waals surface area contributed by atoms with Crippen molar-refractivity contribution >= 4 is 23.3 Å². The summed E-state index contributed by atoms with van der Waals surface area (Å²) in [6, 6.07) is 9.15. The summed E-state index contributed by atoms with van der Waals surface area (Å²) in [6.07, 6.45) is 0. The lowest BCUT2D eigenvalue weighted by Gasteiger charge is -2.08. The summed E-state index contributed by atoms with van der Waals surface area (Å²) in [6.45, 7) is 3.32. The third-order valence-electron chi connectivity index (χ3n) is 2.22. The van der Waals surface area contributed by atoms with E-state index in [4.69, 9.17) is 11.6 Å². The van der Waals surface area contributed by atoms with Gasteiger partial charge >= 0.3 is 0 Å². The Hall–Kier alpha value is -1.81. The van der Waals surface area contributed by atoms with Gasteiger partial charge in [0.05, 0.1) is 16.4 Å². The van der Waals surface area contributed by atoms with Crippen LogP contribution in [0.1, 0.15) is 12.6 Å². The van der Waals surface area contributed by atoms with Gasteiger partial charge in [0.2, 0.25) is 5.91 Å². The molecule has 0 aliphatic heterocycles. The second kappa shape index (κ2) is 4.59. The first-order valence-corrected chi connectivity index (χ1v) is 5.55. The molecular formula is C12H12ClN3O. The van der Waals surface area contributed by atoms with Crippen molar-refractivity contribution in [3.63, 3.8) is 0 Å². The third-order valence-corrected chi connectivity index (χ3v) is 2.54. The molecule has 0 aliphatic rings. The zero-order valence-corrected chi connectivity index (χ0v) is 10.3. The van der Waals surface area contributed by atoms with Crippen LogP contribution in [-0.2, 0) is 4.79 Å². The molecule has 0 fully saturated rings. The molecule has 1 aromatic heterocycles. The van der Waals surface area contributed by atoms with E-state index < -0.39 is 0 Å². The first-order chi connectivity index (χ1) is 8.08. The van der Waals surface area contributed by atoms with Crippen LogP contribution in [0.15, 0.2) is 30.3 Å². The van der Waals surface area contributed by atoms with Crippen LogP contribution in [0.5, 0.6) is 0 Å². The van der Waals surface area contributed by atoms with E-state index in [1.807, 2.05) is 25.1 Å². The monoisotopic (exact) mass is 249 g/mol. The van der Waals surface area contributed by atoms with Gasteiger partial charge in [0.25, 0.3) is 0 Å². The molecule has 2 aromatic rings. The molecule has 0 bridgehead atoms.